The second-order valence-electron chi connectivity index (χ2n) is 2.72. The minimum absolute atomic E-state index is 0.249. The summed E-state index contributed by atoms with van der Waals surface area (Å²) in [6.45, 7) is 6.53. The lowest BCUT2D eigenvalue weighted by atomic mass is 10.1. The van der Waals surface area contributed by atoms with Crippen LogP contribution < -0.4 is 0 Å². The Bertz CT molecular complexity index is 397. The summed E-state index contributed by atoms with van der Waals surface area (Å²) in [5.41, 5.74) is 0.497. The Morgan fingerprint density at radius 2 is 1.44 bits per heavy atom. The fourth-order valence-corrected chi connectivity index (χ4v) is 1.06. The summed E-state index contributed by atoms with van der Waals surface area (Å²) < 4.78 is 9.15. The standard InChI is InChI=1S/C12H10O4/c1-3-15-11(13)9-6-5-7-10(8-9)12(14)16-4-2/h3-8H,1-2H2. The largest absolute Gasteiger partial charge is 0.432 e. The molecule has 0 saturated heterocycles. The second kappa shape index (κ2) is 5.50. The van der Waals surface area contributed by atoms with E-state index in [1.807, 2.05) is 0 Å². The average molecular weight is 218 g/mol. The van der Waals surface area contributed by atoms with Crippen molar-refractivity contribution in [1.29, 1.82) is 0 Å². The maximum absolute atomic E-state index is 11.3. The molecule has 0 atom stereocenters. The maximum atomic E-state index is 11.3. The number of hydrogen-bond acceptors (Lipinski definition) is 4. The molecule has 0 radical (unpaired) electrons. The summed E-state index contributed by atoms with van der Waals surface area (Å²) >= 11 is 0. The third-order valence-corrected chi connectivity index (χ3v) is 1.71. The fraction of sp³-hybridized carbons (Fsp3) is 0. The molecule has 16 heavy (non-hydrogen) atoms. The molecule has 0 heterocycles. The summed E-state index contributed by atoms with van der Waals surface area (Å²) in [7, 11) is 0. The average Bonchev–Trinajstić information content (AvgIpc) is 2.30. The molecule has 0 spiro atoms. The Hall–Kier alpha value is -2.36. The number of rotatable bonds is 4. The Kier molecular flexibility index (Phi) is 4.03. The highest BCUT2D eigenvalue weighted by Crippen LogP contribution is 2.08. The third kappa shape index (κ3) is 2.81. The number of carbonyl (C=O) groups excluding carboxylic acids is 2. The van der Waals surface area contributed by atoms with Crippen LogP contribution in [0.4, 0.5) is 0 Å². The predicted octanol–water partition coefficient (Wildman–Crippen LogP) is 2.29. The van der Waals surface area contributed by atoms with Crippen molar-refractivity contribution in [3.8, 4) is 0 Å². The van der Waals surface area contributed by atoms with Gasteiger partial charge in [0.25, 0.3) is 0 Å². The Balaban J connectivity index is 2.94. The summed E-state index contributed by atoms with van der Waals surface area (Å²) in [4.78, 5) is 22.6. The lowest BCUT2D eigenvalue weighted by Crippen LogP contribution is -2.05. The van der Waals surface area contributed by atoms with E-state index in [1.54, 1.807) is 6.07 Å². The first-order chi connectivity index (χ1) is 7.69. The van der Waals surface area contributed by atoms with E-state index in [2.05, 4.69) is 22.6 Å². The van der Waals surface area contributed by atoms with Gasteiger partial charge in [0.2, 0.25) is 0 Å². The Morgan fingerprint density at radius 1 is 1.00 bits per heavy atom. The van der Waals surface area contributed by atoms with E-state index < -0.39 is 11.9 Å². The van der Waals surface area contributed by atoms with E-state index in [9.17, 15) is 9.59 Å². The molecule has 0 aliphatic rings. The first kappa shape index (κ1) is 11.7. The van der Waals surface area contributed by atoms with E-state index >= 15 is 0 Å². The minimum atomic E-state index is -0.580. The van der Waals surface area contributed by atoms with Crippen LogP contribution in [0.2, 0.25) is 0 Å². The lowest BCUT2D eigenvalue weighted by molar-refractivity contribution is 0.0664. The van der Waals surface area contributed by atoms with Crippen molar-refractivity contribution in [1.82, 2.24) is 0 Å². The van der Waals surface area contributed by atoms with Crippen LogP contribution in [-0.4, -0.2) is 11.9 Å². The van der Waals surface area contributed by atoms with Crippen molar-refractivity contribution in [2.24, 2.45) is 0 Å². The van der Waals surface area contributed by atoms with Crippen molar-refractivity contribution >= 4 is 11.9 Å². The molecule has 82 valence electrons. The SMILES string of the molecule is C=COC(=O)c1cccc(C(=O)OC=C)c1. The molecule has 1 aromatic carbocycles. The third-order valence-electron chi connectivity index (χ3n) is 1.71. The van der Waals surface area contributed by atoms with Crippen molar-refractivity contribution in [3.05, 3.63) is 61.1 Å². The molecular formula is C12H10O4. The van der Waals surface area contributed by atoms with E-state index in [1.165, 1.54) is 18.2 Å². The van der Waals surface area contributed by atoms with Crippen LogP contribution in [0.15, 0.2) is 49.9 Å². The van der Waals surface area contributed by atoms with Gasteiger partial charge in [-0.1, -0.05) is 19.2 Å². The number of hydrogen-bond donors (Lipinski definition) is 0. The molecular weight excluding hydrogens is 208 g/mol. The van der Waals surface area contributed by atoms with Gasteiger partial charge in [-0.05, 0) is 18.2 Å². The zero-order valence-corrected chi connectivity index (χ0v) is 8.51. The van der Waals surface area contributed by atoms with Crippen LogP contribution in [-0.2, 0) is 9.47 Å². The van der Waals surface area contributed by atoms with Crippen LogP contribution in [0, 0.1) is 0 Å². The molecule has 0 bridgehead atoms. The molecule has 0 unspecified atom stereocenters. The molecule has 0 aliphatic heterocycles. The number of benzene rings is 1. The molecule has 0 amide bonds. The summed E-state index contributed by atoms with van der Waals surface area (Å²) in [6, 6.07) is 5.98. The van der Waals surface area contributed by atoms with E-state index in [0.717, 1.165) is 12.5 Å². The monoisotopic (exact) mass is 218 g/mol. The van der Waals surface area contributed by atoms with Gasteiger partial charge in [0.05, 0.1) is 23.7 Å². The first-order valence-electron chi connectivity index (χ1n) is 4.43. The van der Waals surface area contributed by atoms with Crippen LogP contribution in [0.3, 0.4) is 0 Å². The topological polar surface area (TPSA) is 52.6 Å². The van der Waals surface area contributed by atoms with E-state index in [4.69, 9.17) is 0 Å². The van der Waals surface area contributed by atoms with Gasteiger partial charge < -0.3 is 9.47 Å². The molecule has 0 aromatic heterocycles. The normalized spacial score (nSPS) is 9.00. The highest BCUT2D eigenvalue weighted by Gasteiger charge is 2.10. The van der Waals surface area contributed by atoms with E-state index in [0.29, 0.717) is 0 Å². The summed E-state index contributed by atoms with van der Waals surface area (Å²) in [6.07, 6.45) is 2.05. The Morgan fingerprint density at radius 3 is 1.81 bits per heavy atom. The maximum Gasteiger partial charge on any atom is 0.342 e. The zero-order valence-electron chi connectivity index (χ0n) is 8.51. The first-order valence-corrected chi connectivity index (χ1v) is 4.43. The summed E-state index contributed by atoms with van der Waals surface area (Å²) in [5, 5.41) is 0. The van der Waals surface area contributed by atoms with Crippen molar-refractivity contribution < 1.29 is 19.1 Å². The van der Waals surface area contributed by atoms with Crippen LogP contribution in [0.25, 0.3) is 0 Å². The smallest absolute Gasteiger partial charge is 0.342 e. The van der Waals surface area contributed by atoms with Gasteiger partial charge in [-0.3, -0.25) is 0 Å². The highest BCUT2D eigenvalue weighted by atomic mass is 16.5. The highest BCUT2D eigenvalue weighted by molar-refractivity contribution is 5.95. The number of ether oxygens (including phenoxy) is 2. The Labute approximate surface area is 92.8 Å². The quantitative estimate of drug-likeness (QED) is 0.574. The van der Waals surface area contributed by atoms with Crippen LogP contribution in [0.1, 0.15) is 20.7 Å². The van der Waals surface area contributed by atoms with Crippen molar-refractivity contribution in [3.63, 3.8) is 0 Å². The van der Waals surface area contributed by atoms with Crippen LogP contribution >= 0.6 is 0 Å². The number of esters is 2. The minimum Gasteiger partial charge on any atom is -0.432 e. The van der Waals surface area contributed by atoms with Crippen LogP contribution in [0.5, 0.6) is 0 Å². The molecule has 0 N–H and O–H groups in total. The van der Waals surface area contributed by atoms with Gasteiger partial charge in [-0.25, -0.2) is 9.59 Å². The second-order valence-corrected chi connectivity index (χ2v) is 2.72. The molecule has 0 saturated carbocycles. The van der Waals surface area contributed by atoms with Gasteiger partial charge in [0.1, 0.15) is 0 Å². The van der Waals surface area contributed by atoms with Crippen molar-refractivity contribution in [2.75, 3.05) is 0 Å². The fourth-order valence-electron chi connectivity index (χ4n) is 1.06. The van der Waals surface area contributed by atoms with Gasteiger partial charge in [0, 0.05) is 0 Å². The number of carbonyl (C=O) groups is 2. The lowest BCUT2D eigenvalue weighted by Gasteiger charge is -2.02. The zero-order chi connectivity index (χ0) is 12.0. The van der Waals surface area contributed by atoms with Gasteiger partial charge in [-0.2, -0.15) is 0 Å². The molecule has 1 aromatic rings. The summed E-state index contributed by atoms with van der Waals surface area (Å²) in [5.74, 6) is -1.16. The molecule has 0 fully saturated rings. The predicted molar refractivity (Wildman–Crippen MR) is 57.7 cm³/mol. The van der Waals surface area contributed by atoms with Gasteiger partial charge >= 0.3 is 11.9 Å². The molecule has 4 heteroatoms. The molecule has 0 aliphatic carbocycles. The van der Waals surface area contributed by atoms with E-state index in [-0.39, 0.29) is 11.1 Å². The van der Waals surface area contributed by atoms with Crippen molar-refractivity contribution in [2.45, 2.75) is 0 Å². The van der Waals surface area contributed by atoms with Gasteiger partial charge in [0.15, 0.2) is 0 Å². The molecule has 1 rings (SSSR count). The molecule has 4 nitrogen and oxygen atoms in total. The van der Waals surface area contributed by atoms with Gasteiger partial charge in [-0.15, -0.1) is 0 Å².